The lowest BCUT2D eigenvalue weighted by atomic mass is 10.1. The number of para-hydroxylation sites is 1. The van der Waals surface area contributed by atoms with E-state index in [0.717, 1.165) is 17.5 Å². The second-order valence-corrected chi connectivity index (χ2v) is 7.78. The van der Waals surface area contributed by atoms with Crippen LogP contribution in [0.2, 0.25) is 0 Å². The minimum atomic E-state index is -0.606. The molecule has 0 atom stereocenters. The second-order valence-electron chi connectivity index (χ2n) is 6.83. The van der Waals surface area contributed by atoms with Crippen molar-refractivity contribution in [3.8, 4) is 5.88 Å². The van der Waals surface area contributed by atoms with Gasteiger partial charge in [-0.15, -0.1) is 21.6 Å². The highest BCUT2D eigenvalue weighted by Crippen LogP contribution is 2.38. The normalized spacial score (nSPS) is 11.2. The highest BCUT2D eigenvalue weighted by molar-refractivity contribution is 7.12. The molecule has 2 heterocycles. The van der Waals surface area contributed by atoms with Crippen molar-refractivity contribution in [2.75, 3.05) is 6.54 Å². The van der Waals surface area contributed by atoms with Crippen LogP contribution in [0.4, 0.5) is 5.69 Å². The van der Waals surface area contributed by atoms with Crippen molar-refractivity contribution in [2.24, 2.45) is 10.2 Å². The lowest BCUT2D eigenvalue weighted by Crippen LogP contribution is -2.27. The molecule has 0 saturated heterocycles. The van der Waals surface area contributed by atoms with Crippen LogP contribution < -0.4 is 5.32 Å². The number of thiophene rings is 1. The molecule has 2 amide bonds. The number of azo groups is 1. The van der Waals surface area contributed by atoms with Gasteiger partial charge >= 0.3 is 0 Å². The summed E-state index contributed by atoms with van der Waals surface area (Å²) >= 11 is 1.29. The molecule has 0 radical (unpaired) electrons. The largest absolute Gasteiger partial charge is 0.493 e. The molecule has 4 rings (SSSR count). The third-order valence-electron chi connectivity index (χ3n) is 4.79. The monoisotopic (exact) mass is 432 g/mol. The molecular formula is C23H20N4O3S. The van der Waals surface area contributed by atoms with Gasteiger partial charge in [0.15, 0.2) is 5.69 Å². The predicted octanol–water partition coefficient (Wildman–Crippen LogP) is 4.69. The van der Waals surface area contributed by atoms with Gasteiger partial charge in [0.25, 0.3) is 11.8 Å². The fourth-order valence-corrected chi connectivity index (χ4v) is 3.91. The molecule has 4 aromatic rings. The van der Waals surface area contributed by atoms with Crippen molar-refractivity contribution in [1.82, 2.24) is 9.88 Å². The molecule has 0 aliphatic rings. The summed E-state index contributed by atoms with van der Waals surface area (Å²) in [6.07, 6.45) is 0.733. The minimum Gasteiger partial charge on any atom is -0.493 e. The Hall–Kier alpha value is -3.78. The SMILES string of the molecule is O=C(CNC(=O)c1cccs1)N=Nc1c(O)n(CCc2ccccc2)c2ccccc12. The maximum Gasteiger partial charge on any atom is 0.283 e. The molecule has 0 unspecified atom stereocenters. The molecule has 0 aliphatic heterocycles. The van der Waals surface area contributed by atoms with Crippen LogP contribution in [0.25, 0.3) is 10.9 Å². The molecule has 8 heteroatoms. The Bertz CT molecular complexity index is 1230. The van der Waals surface area contributed by atoms with Crippen LogP contribution in [0.15, 0.2) is 82.3 Å². The summed E-state index contributed by atoms with van der Waals surface area (Å²) in [6.45, 7) is 0.282. The second kappa shape index (κ2) is 9.36. The first kappa shape index (κ1) is 20.5. The first-order valence-electron chi connectivity index (χ1n) is 9.74. The molecule has 2 aromatic carbocycles. The summed E-state index contributed by atoms with van der Waals surface area (Å²) in [5, 5.41) is 23.5. The lowest BCUT2D eigenvalue weighted by molar-refractivity contribution is -0.117. The van der Waals surface area contributed by atoms with E-state index >= 15 is 0 Å². The molecule has 7 nitrogen and oxygen atoms in total. The first-order chi connectivity index (χ1) is 15.1. The molecular weight excluding hydrogens is 412 g/mol. The number of nitrogens with zero attached hydrogens (tertiary/aromatic N) is 3. The van der Waals surface area contributed by atoms with Gasteiger partial charge in [0.1, 0.15) is 6.54 Å². The number of carbonyl (C=O) groups excluding carboxylic acids is 2. The fraction of sp³-hybridized carbons (Fsp3) is 0.130. The van der Waals surface area contributed by atoms with Crippen molar-refractivity contribution in [3.05, 3.63) is 82.6 Å². The Labute approximate surface area is 182 Å². The Balaban J connectivity index is 1.50. The van der Waals surface area contributed by atoms with Crippen LogP contribution in [-0.2, 0) is 17.8 Å². The molecule has 0 spiro atoms. The number of amides is 2. The third-order valence-corrected chi connectivity index (χ3v) is 5.66. The number of rotatable bonds is 7. The zero-order chi connectivity index (χ0) is 21.6. The summed E-state index contributed by atoms with van der Waals surface area (Å²) in [4.78, 5) is 24.5. The summed E-state index contributed by atoms with van der Waals surface area (Å²) in [7, 11) is 0. The van der Waals surface area contributed by atoms with Gasteiger partial charge in [0.05, 0.1) is 10.4 Å². The predicted molar refractivity (Wildman–Crippen MR) is 120 cm³/mol. The van der Waals surface area contributed by atoms with Crippen LogP contribution in [0.1, 0.15) is 15.2 Å². The highest BCUT2D eigenvalue weighted by Gasteiger charge is 2.17. The third kappa shape index (κ3) is 4.70. The molecule has 0 saturated carbocycles. The number of benzene rings is 2. The van der Waals surface area contributed by atoms with E-state index in [-0.39, 0.29) is 24.0 Å². The fourth-order valence-electron chi connectivity index (χ4n) is 3.27. The zero-order valence-electron chi connectivity index (χ0n) is 16.6. The maximum absolute atomic E-state index is 12.1. The van der Waals surface area contributed by atoms with E-state index in [0.29, 0.717) is 16.8 Å². The quantitative estimate of drug-likeness (QED) is 0.415. The van der Waals surface area contributed by atoms with E-state index in [4.69, 9.17) is 0 Å². The Morgan fingerprint density at radius 3 is 2.55 bits per heavy atom. The number of aromatic hydroxyl groups is 1. The van der Waals surface area contributed by atoms with Crippen molar-refractivity contribution < 1.29 is 14.7 Å². The first-order valence-corrected chi connectivity index (χ1v) is 10.6. The van der Waals surface area contributed by atoms with E-state index in [1.54, 1.807) is 22.1 Å². The Kier molecular flexibility index (Phi) is 6.18. The van der Waals surface area contributed by atoms with Gasteiger partial charge in [0, 0.05) is 11.9 Å². The molecule has 0 aliphatic carbocycles. The van der Waals surface area contributed by atoms with Gasteiger partial charge < -0.3 is 15.0 Å². The number of aryl methyl sites for hydroxylation is 2. The van der Waals surface area contributed by atoms with E-state index in [1.165, 1.54) is 11.3 Å². The average Bonchev–Trinajstić information content (AvgIpc) is 3.42. The zero-order valence-corrected chi connectivity index (χ0v) is 17.4. The van der Waals surface area contributed by atoms with Gasteiger partial charge in [-0.3, -0.25) is 9.59 Å². The summed E-state index contributed by atoms with van der Waals surface area (Å²) in [5.41, 5.74) is 2.20. The smallest absolute Gasteiger partial charge is 0.283 e. The molecule has 156 valence electrons. The number of hydrogen-bond donors (Lipinski definition) is 2. The summed E-state index contributed by atoms with van der Waals surface area (Å²) in [5.74, 6) is -0.986. The van der Waals surface area contributed by atoms with E-state index in [2.05, 4.69) is 15.5 Å². The molecule has 0 bridgehead atoms. The van der Waals surface area contributed by atoms with Gasteiger partial charge in [-0.1, -0.05) is 54.6 Å². The van der Waals surface area contributed by atoms with Crippen molar-refractivity contribution in [1.29, 1.82) is 0 Å². The van der Waals surface area contributed by atoms with Crippen molar-refractivity contribution >= 4 is 39.7 Å². The van der Waals surface area contributed by atoms with Crippen LogP contribution in [0.3, 0.4) is 0 Å². The number of hydrogen-bond acceptors (Lipinski definition) is 5. The van der Waals surface area contributed by atoms with Crippen LogP contribution in [0, 0.1) is 0 Å². The number of carbonyl (C=O) groups is 2. The molecule has 31 heavy (non-hydrogen) atoms. The van der Waals surface area contributed by atoms with Gasteiger partial charge in [-0.25, -0.2) is 0 Å². The van der Waals surface area contributed by atoms with E-state index in [9.17, 15) is 14.7 Å². The topological polar surface area (TPSA) is 96.1 Å². The highest BCUT2D eigenvalue weighted by atomic mass is 32.1. The standard InChI is InChI=1S/C23H20N4O3S/c28-20(15-24-22(29)19-11-6-14-31-19)25-26-21-17-9-4-5-10-18(17)27(23(21)30)13-12-16-7-2-1-3-8-16/h1-11,14,30H,12-13,15H2,(H,24,29). The van der Waals surface area contributed by atoms with E-state index < -0.39 is 5.91 Å². The van der Waals surface area contributed by atoms with Gasteiger partial charge in [0.2, 0.25) is 5.88 Å². The number of nitrogens with one attached hydrogen (secondary N) is 1. The Morgan fingerprint density at radius 2 is 1.77 bits per heavy atom. The van der Waals surface area contributed by atoms with Gasteiger partial charge in [-0.05, 0) is 29.5 Å². The summed E-state index contributed by atoms with van der Waals surface area (Å²) < 4.78 is 1.76. The molecule has 0 fully saturated rings. The van der Waals surface area contributed by atoms with Gasteiger partial charge in [-0.2, -0.15) is 0 Å². The maximum atomic E-state index is 12.1. The van der Waals surface area contributed by atoms with E-state index in [1.807, 2.05) is 54.6 Å². The van der Waals surface area contributed by atoms with Crippen molar-refractivity contribution in [2.45, 2.75) is 13.0 Å². The molecule has 2 N–H and O–H groups in total. The lowest BCUT2D eigenvalue weighted by Gasteiger charge is -2.07. The van der Waals surface area contributed by atoms with Crippen LogP contribution in [0.5, 0.6) is 5.88 Å². The Morgan fingerprint density at radius 1 is 1.00 bits per heavy atom. The van der Waals surface area contributed by atoms with Crippen LogP contribution >= 0.6 is 11.3 Å². The minimum absolute atomic E-state index is 0.0451. The summed E-state index contributed by atoms with van der Waals surface area (Å²) in [6, 6.07) is 20.9. The number of aromatic nitrogens is 1. The van der Waals surface area contributed by atoms with Crippen molar-refractivity contribution in [3.63, 3.8) is 0 Å². The number of fused-ring (bicyclic) bond motifs is 1. The molecule has 2 aromatic heterocycles. The average molecular weight is 433 g/mol. The van der Waals surface area contributed by atoms with Crippen LogP contribution in [-0.4, -0.2) is 28.0 Å².